The van der Waals surface area contributed by atoms with Crippen molar-refractivity contribution in [3.63, 3.8) is 0 Å². The highest BCUT2D eigenvalue weighted by Crippen LogP contribution is 2.26. The van der Waals surface area contributed by atoms with Crippen LogP contribution in [0.4, 0.5) is 0 Å². The zero-order valence-electron chi connectivity index (χ0n) is 11.2. The number of hydrogen-bond donors (Lipinski definition) is 0. The fraction of sp³-hybridized carbons (Fsp3) is 0.357. The van der Waals surface area contributed by atoms with Gasteiger partial charge in [0, 0.05) is 17.8 Å². The van der Waals surface area contributed by atoms with Crippen molar-refractivity contribution in [1.29, 1.82) is 0 Å². The van der Waals surface area contributed by atoms with Gasteiger partial charge in [-0.3, -0.25) is 4.57 Å². The molecular formula is C14H15N3O3. The number of carbonyl (C=O) groups excluding carboxylic acids is 1. The van der Waals surface area contributed by atoms with E-state index in [2.05, 4.69) is 9.97 Å². The number of carbonyl (C=O) groups is 1. The molecule has 2 aromatic rings. The molecule has 0 aromatic carbocycles. The normalized spacial score (nSPS) is 16.4. The van der Waals surface area contributed by atoms with Gasteiger partial charge in [-0.1, -0.05) is 13.0 Å². The third kappa shape index (κ3) is 2.55. The fourth-order valence-electron chi connectivity index (χ4n) is 1.92. The Labute approximate surface area is 116 Å². The standard InChI is InChI=1S/C14H15N3O3/c1-14(7-19-8-14)9-20-13(18)11-3-2-4-12(16-11)17-6-5-15-10-17/h2-6,10H,7-9H2,1H3. The van der Waals surface area contributed by atoms with Gasteiger partial charge in [-0.05, 0) is 12.1 Å². The van der Waals surface area contributed by atoms with Crippen molar-refractivity contribution in [2.45, 2.75) is 6.92 Å². The Hall–Kier alpha value is -2.21. The summed E-state index contributed by atoms with van der Waals surface area (Å²) in [7, 11) is 0. The summed E-state index contributed by atoms with van der Waals surface area (Å²) in [6.45, 7) is 3.63. The Bertz CT molecular complexity index is 606. The van der Waals surface area contributed by atoms with E-state index in [4.69, 9.17) is 9.47 Å². The minimum Gasteiger partial charge on any atom is -0.460 e. The highest BCUT2D eigenvalue weighted by molar-refractivity contribution is 5.87. The fourth-order valence-corrected chi connectivity index (χ4v) is 1.92. The number of nitrogens with zero attached hydrogens (tertiary/aromatic N) is 3. The second-order valence-corrected chi connectivity index (χ2v) is 5.23. The molecule has 6 heteroatoms. The second kappa shape index (κ2) is 5.05. The lowest BCUT2D eigenvalue weighted by molar-refractivity contribution is -0.127. The minimum atomic E-state index is -0.417. The van der Waals surface area contributed by atoms with Gasteiger partial charge in [0.2, 0.25) is 0 Å². The molecule has 20 heavy (non-hydrogen) atoms. The first-order chi connectivity index (χ1) is 9.66. The van der Waals surface area contributed by atoms with E-state index in [-0.39, 0.29) is 5.41 Å². The van der Waals surface area contributed by atoms with Crippen molar-refractivity contribution >= 4 is 5.97 Å². The van der Waals surface area contributed by atoms with Crippen molar-refractivity contribution < 1.29 is 14.3 Å². The SMILES string of the molecule is CC1(COC(=O)c2cccc(-n3ccnc3)n2)COC1. The van der Waals surface area contributed by atoms with Crippen LogP contribution in [0.1, 0.15) is 17.4 Å². The van der Waals surface area contributed by atoms with Crippen LogP contribution in [0.3, 0.4) is 0 Å². The van der Waals surface area contributed by atoms with Crippen LogP contribution < -0.4 is 0 Å². The molecular weight excluding hydrogens is 258 g/mol. The molecule has 104 valence electrons. The first-order valence-corrected chi connectivity index (χ1v) is 6.37. The molecule has 1 fully saturated rings. The average Bonchev–Trinajstić information content (AvgIpc) is 2.97. The smallest absolute Gasteiger partial charge is 0.357 e. The van der Waals surface area contributed by atoms with Gasteiger partial charge >= 0.3 is 5.97 Å². The van der Waals surface area contributed by atoms with Gasteiger partial charge in [0.15, 0.2) is 5.69 Å². The lowest BCUT2D eigenvalue weighted by atomic mass is 9.90. The van der Waals surface area contributed by atoms with E-state index in [1.54, 1.807) is 41.5 Å². The van der Waals surface area contributed by atoms with Gasteiger partial charge in [-0.2, -0.15) is 0 Å². The summed E-state index contributed by atoms with van der Waals surface area (Å²) in [5, 5.41) is 0. The molecule has 3 heterocycles. The zero-order chi connectivity index (χ0) is 14.0. The number of esters is 1. The first kappa shape index (κ1) is 12.8. The van der Waals surface area contributed by atoms with Crippen LogP contribution >= 0.6 is 0 Å². The van der Waals surface area contributed by atoms with E-state index in [0.717, 1.165) is 0 Å². The summed E-state index contributed by atoms with van der Waals surface area (Å²) in [5.41, 5.74) is 0.234. The zero-order valence-corrected chi connectivity index (χ0v) is 11.2. The monoisotopic (exact) mass is 273 g/mol. The Morgan fingerprint density at radius 3 is 3.00 bits per heavy atom. The average molecular weight is 273 g/mol. The number of hydrogen-bond acceptors (Lipinski definition) is 5. The summed E-state index contributed by atoms with van der Waals surface area (Å²) >= 11 is 0. The lowest BCUT2D eigenvalue weighted by Gasteiger charge is -2.37. The van der Waals surface area contributed by atoms with Crippen molar-refractivity contribution in [2.24, 2.45) is 5.41 Å². The van der Waals surface area contributed by atoms with E-state index in [1.165, 1.54) is 0 Å². The highest BCUT2D eigenvalue weighted by atomic mass is 16.5. The highest BCUT2D eigenvalue weighted by Gasteiger charge is 2.35. The third-order valence-electron chi connectivity index (χ3n) is 3.17. The molecule has 0 amide bonds. The Morgan fingerprint density at radius 1 is 1.50 bits per heavy atom. The molecule has 6 nitrogen and oxygen atoms in total. The molecule has 0 unspecified atom stereocenters. The molecule has 2 aromatic heterocycles. The number of aromatic nitrogens is 3. The predicted octanol–water partition coefficient (Wildman–Crippen LogP) is 1.46. The molecule has 0 radical (unpaired) electrons. The van der Waals surface area contributed by atoms with Crippen LogP contribution in [0, 0.1) is 5.41 Å². The largest absolute Gasteiger partial charge is 0.460 e. The second-order valence-electron chi connectivity index (χ2n) is 5.23. The molecule has 1 aliphatic heterocycles. The van der Waals surface area contributed by atoms with Crippen molar-refractivity contribution in [3.8, 4) is 5.82 Å². The number of ether oxygens (including phenoxy) is 2. The molecule has 0 atom stereocenters. The maximum absolute atomic E-state index is 12.0. The Morgan fingerprint density at radius 2 is 2.35 bits per heavy atom. The molecule has 0 aliphatic carbocycles. The van der Waals surface area contributed by atoms with Crippen LogP contribution in [0.15, 0.2) is 36.9 Å². The lowest BCUT2D eigenvalue weighted by Crippen LogP contribution is -2.44. The van der Waals surface area contributed by atoms with Gasteiger partial charge in [0.1, 0.15) is 18.8 Å². The number of rotatable bonds is 4. The predicted molar refractivity (Wildman–Crippen MR) is 70.6 cm³/mol. The van der Waals surface area contributed by atoms with Gasteiger partial charge < -0.3 is 9.47 Å². The van der Waals surface area contributed by atoms with E-state index < -0.39 is 5.97 Å². The minimum absolute atomic E-state index is 0.0579. The van der Waals surface area contributed by atoms with E-state index in [9.17, 15) is 4.79 Å². The van der Waals surface area contributed by atoms with Crippen LogP contribution in [-0.2, 0) is 9.47 Å². The molecule has 1 saturated heterocycles. The Balaban J connectivity index is 1.70. The summed E-state index contributed by atoms with van der Waals surface area (Å²) < 4.78 is 12.2. The molecule has 0 N–H and O–H groups in total. The van der Waals surface area contributed by atoms with Crippen molar-refractivity contribution in [2.75, 3.05) is 19.8 Å². The van der Waals surface area contributed by atoms with Gasteiger partial charge in [0.25, 0.3) is 0 Å². The maximum atomic E-state index is 12.0. The molecule has 1 aliphatic rings. The van der Waals surface area contributed by atoms with Crippen LogP contribution in [0.5, 0.6) is 0 Å². The third-order valence-corrected chi connectivity index (χ3v) is 3.17. The van der Waals surface area contributed by atoms with E-state index in [1.807, 2.05) is 6.92 Å². The molecule has 0 saturated carbocycles. The van der Waals surface area contributed by atoms with Gasteiger partial charge in [0.05, 0.1) is 13.2 Å². The van der Waals surface area contributed by atoms with E-state index >= 15 is 0 Å². The number of pyridine rings is 1. The Kier molecular flexibility index (Phi) is 3.23. The van der Waals surface area contributed by atoms with Crippen molar-refractivity contribution in [1.82, 2.24) is 14.5 Å². The van der Waals surface area contributed by atoms with E-state index in [0.29, 0.717) is 31.3 Å². The molecule has 0 spiro atoms. The molecule has 0 bridgehead atoms. The van der Waals surface area contributed by atoms with Crippen LogP contribution in [0.25, 0.3) is 5.82 Å². The molecule has 3 rings (SSSR count). The maximum Gasteiger partial charge on any atom is 0.357 e. The van der Waals surface area contributed by atoms with Crippen LogP contribution in [0.2, 0.25) is 0 Å². The summed E-state index contributed by atoms with van der Waals surface area (Å²) in [6.07, 6.45) is 5.05. The summed E-state index contributed by atoms with van der Waals surface area (Å²) in [5.74, 6) is 0.218. The van der Waals surface area contributed by atoms with Crippen LogP contribution in [-0.4, -0.2) is 40.3 Å². The summed E-state index contributed by atoms with van der Waals surface area (Å²) in [6, 6.07) is 5.22. The summed E-state index contributed by atoms with van der Waals surface area (Å²) in [4.78, 5) is 20.2. The number of imidazole rings is 1. The first-order valence-electron chi connectivity index (χ1n) is 6.37. The van der Waals surface area contributed by atoms with Crippen molar-refractivity contribution in [3.05, 3.63) is 42.6 Å². The quantitative estimate of drug-likeness (QED) is 0.789. The topological polar surface area (TPSA) is 66.2 Å². The van der Waals surface area contributed by atoms with Gasteiger partial charge in [-0.25, -0.2) is 14.8 Å². The van der Waals surface area contributed by atoms with Gasteiger partial charge in [-0.15, -0.1) is 0 Å².